The van der Waals surface area contributed by atoms with Crippen molar-refractivity contribution in [3.05, 3.63) is 28.0 Å². The Kier molecular flexibility index (Phi) is 4.20. The molecule has 1 fully saturated rings. The maximum atomic E-state index is 14.7. The lowest BCUT2D eigenvalue weighted by atomic mass is 9.75. The minimum absolute atomic E-state index is 0.253. The maximum Gasteiger partial charge on any atom is 0.421 e. The number of fused-ring (bicyclic) bond motifs is 2. The van der Waals surface area contributed by atoms with Crippen molar-refractivity contribution in [1.29, 1.82) is 0 Å². The molecule has 0 unspecified atom stereocenters. The number of hydrogen-bond donors (Lipinski definition) is 0. The van der Waals surface area contributed by atoms with Gasteiger partial charge in [-0.1, -0.05) is 15.9 Å². The zero-order chi connectivity index (χ0) is 17.7. The van der Waals surface area contributed by atoms with Crippen molar-refractivity contribution >= 4 is 33.6 Å². The maximum absolute atomic E-state index is 14.7. The summed E-state index contributed by atoms with van der Waals surface area (Å²) in [6, 6.07) is 2.91. The summed E-state index contributed by atoms with van der Waals surface area (Å²) in [6.07, 6.45) is -0.0949. The highest BCUT2D eigenvalue weighted by molar-refractivity contribution is 9.10. The molecule has 2 aliphatic heterocycles. The standard InChI is InChI=1S/C17H19BrFNO4/c1-16(2,3)24-15(22)20-12-9-10(18)8-11(19)13(12)17(14(20)21)4-6-23-7-5-17/h8-9H,4-7H2,1-3H3. The van der Waals surface area contributed by atoms with Gasteiger partial charge in [0.05, 0.1) is 11.1 Å². The van der Waals surface area contributed by atoms with E-state index in [9.17, 15) is 14.0 Å². The Morgan fingerprint density at radius 1 is 1.33 bits per heavy atom. The Morgan fingerprint density at radius 3 is 2.54 bits per heavy atom. The number of carbonyl (C=O) groups is 2. The summed E-state index contributed by atoms with van der Waals surface area (Å²) < 4.78 is 25.9. The summed E-state index contributed by atoms with van der Waals surface area (Å²) >= 11 is 3.23. The van der Waals surface area contributed by atoms with Crippen molar-refractivity contribution in [1.82, 2.24) is 0 Å². The molecule has 130 valence electrons. The van der Waals surface area contributed by atoms with E-state index < -0.39 is 28.8 Å². The highest BCUT2D eigenvalue weighted by Gasteiger charge is 2.55. The van der Waals surface area contributed by atoms with Crippen LogP contribution in [0.15, 0.2) is 16.6 Å². The van der Waals surface area contributed by atoms with Crippen LogP contribution in [-0.2, 0) is 19.7 Å². The molecule has 1 spiro atoms. The van der Waals surface area contributed by atoms with Gasteiger partial charge in [0.1, 0.15) is 11.4 Å². The number of amides is 2. The van der Waals surface area contributed by atoms with Crippen molar-refractivity contribution < 1.29 is 23.5 Å². The molecular weight excluding hydrogens is 381 g/mol. The van der Waals surface area contributed by atoms with Gasteiger partial charge < -0.3 is 9.47 Å². The lowest BCUT2D eigenvalue weighted by Gasteiger charge is -2.32. The molecule has 0 radical (unpaired) electrons. The van der Waals surface area contributed by atoms with Crippen LogP contribution in [0.3, 0.4) is 0 Å². The van der Waals surface area contributed by atoms with Crippen LogP contribution < -0.4 is 4.90 Å². The molecule has 0 N–H and O–H groups in total. The smallest absolute Gasteiger partial charge is 0.421 e. The SMILES string of the molecule is CC(C)(C)OC(=O)N1C(=O)C2(CCOCC2)c2c(F)cc(Br)cc21. The van der Waals surface area contributed by atoms with Crippen molar-refractivity contribution in [3.63, 3.8) is 0 Å². The van der Waals surface area contributed by atoms with Gasteiger partial charge in [0.15, 0.2) is 0 Å². The molecule has 2 aliphatic rings. The molecule has 24 heavy (non-hydrogen) atoms. The van der Waals surface area contributed by atoms with Gasteiger partial charge in [-0.2, -0.15) is 0 Å². The molecule has 7 heteroatoms. The zero-order valence-electron chi connectivity index (χ0n) is 13.8. The van der Waals surface area contributed by atoms with E-state index in [0.717, 1.165) is 4.90 Å². The fourth-order valence-corrected chi connectivity index (χ4v) is 3.73. The summed E-state index contributed by atoms with van der Waals surface area (Å²) in [4.78, 5) is 26.7. The second kappa shape index (κ2) is 5.81. The fraction of sp³-hybridized carbons (Fsp3) is 0.529. The largest absolute Gasteiger partial charge is 0.443 e. The van der Waals surface area contributed by atoms with Gasteiger partial charge in [0.25, 0.3) is 0 Å². The topological polar surface area (TPSA) is 55.8 Å². The van der Waals surface area contributed by atoms with Crippen LogP contribution in [0.2, 0.25) is 0 Å². The van der Waals surface area contributed by atoms with Gasteiger partial charge in [-0.15, -0.1) is 0 Å². The van der Waals surface area contributed by atoms with E-state index in [0.29, 0.717) is 30.5 Å². The van der Waals surface area contributed by atoms with Crippen LogP contribution in [0, 0.1) is 5.82 Å². The third kappa shape index (κ3) is 2.73. The molecule has 5 nitrogen and oxygen atoms in total. The molecule has 2 heterocycles. The summed E-state index contributed by atoms with van der Waals surface area (Å²) in [7, 11) is 0. The number of hydrogen-bond acceptors (Lipinski definition) is 4. The summed E-state index contributed by atoms with van der Waals surface area (Å²) in [5.74, 6) is -0.937. The normalized spacial score (nSPS) is 19.5. The molecule has 0 atom stereocenters. The van der Waals surface area contributed by atoms with E-state index in [-0.39, 0.29) is 11.3 Å². The first-order chi connectivity index (χ1) is 11.2. The lowest BCUT2D eigenvalue weighted by Crippen LogP contribution is -2.47. The third-order valence-corrected chi connectivity index (χ3v) is 4.75. The molecule has 0 saturated carbocycles. The van der Waals surface area contributed by atoms with Crippen molar-refractivity contribution in [2.24, 2.45) is 0 Å². The van der Waals surface area contributed by atoms with E-state index >= 15 is 0 Å². The van der Waals surface area contributed by atoms with E-state index in [4.69, 9.17) is 9.47 Å². The number of carbonyl (C=O) groups excluding carboxylic acids is 2. The number of ether oxygens (including phenoxy) is 2. The lowest BCUT2D eigenvalue weighted by molar-refractivity contribution is -0.126. The van der Waals surface area contributed by atoms with E-state index in [2.05, 4.69) is 15.9 Å². The molecular formula is C17H19BrFNO4. The van der Waals surface area contributed by atoms with Gasteiger partial charge >= 0.3 is 6.09 Å². The monoisotopic (exact) mass is 399 g/mol. The van der Waals surface area contributed by atoms with Crippen LogP contribution in [0.5, 0.6) is 0 Å². The fourth-order valence-electron chi connectivity index (χ4n) is 3.31. The second-order valence-electron chi connectivity index (χ2n) is 7.10. The second-order valence-corrected chi connectivity index (χ2v) is 8.01. The highest BCUT2D eigenvalue weighted by Crippen LogP contribution is 2.50. The first-order valence-corrected chi connectivity index (χ1v) is 8.60. The van der Waals surface area contributed by atoms with Gasteiger partial charge in [-0.3, -0.25) is 4.79 Å². The molecule has 3 rings (SSSR count). The minimum Gasteiger partial charge on any atom is -0.443 e. The summed E-state index contributed by atoms with van der Waals surface area (Å²) in [5.41, 5.74) is -1.30. The minimum atomic E-state index is -1.06. The highest BCUT2D eigenvalue weighted by atomic mass is 79.9. The van der Waals surface area contributed by atoms with Crippen LogP contribution in [0.1, 0.15) is 39.2 Å². The van der Waals surface area contributed by atoms with Crippen molar-refractivity contribution in [3.8, 4) is 0 Å². The molecule has 2 amide bonds. The van der Waals surface area contributed by atoms with Crippen LogP contribution in [0.25, 0.3) is 0 Å². The van der Waals surface area contributed by atoms with Crippen LogP contribution in [-0.4, -0.2) is 30.8 Å². The Balaban J connectivity index is 2.13. The van der Waals surface area contributed by atoms with Gasteiger partial charge in [-0.05, 0) is 45.7 Å². The Morgan fingerprint density at radius 2 is 1.96 bits per heavy atom. The third-order valence-electron chi connectivity index (χ3n) is 4.29. The molecule has 1 aromatic carbocycles. The van der Waals surface area contributed by atoms with E-state index in [1.807, 2.05) is 0 Å². The van der Waals surface area contributed by atoms with Gasteiger partial charge in [0.2, 0.25) is 5.91 Å². The number of anilines is 1. The first-order valence-electron chi connectivity index (χ1n) is 7.80. The zero-order valence-corrected chi connectivity index (χ0v) is 15.4. The van der Waals surface area contributed by atoms with E-state index in [1.54, 1.807) is 26.8 Å². The van der Waals surface area contributed by atoms with E-state index in [1.165, 1.54) is 6.07 Å². The predicted octanol–water partition coefficient (Wildman–Crippen LogP) is 3.92. The molecule has 0 aromatic heterocycles. The number of rotatable bonds is 0. The van der Waals surface area contributed by atoms with Crippen molar-refractivity contribution in [2.45, 2.75) is 44.6 Å². The van der Waals surface area contributed by atoms with Gasteiger partial charge in [0, 0.05) is 23.2 Å². The Hall–Kier alpha value is -1.47. The van der Waals surface area contributed by atoms with Crippen molar-refractivity contribution in [2.75, 3.05) is 18.1 Å². The van der Waals surface area contributed by atoms with Gasteiger partial charge in [-0.25, -0.2) is 14.1 Å². The van der Waals surface area contributed by atoms with Crippen LogP contribution in [0.4, 0.5) is 14.9 Å². The summed E-state index contributed by atoms with van der Waals surface area (Å²) in [5, 5.41) is 0. The van der Waals surface area contributed by atoms with Crippen LogP contribution >= 0.6 is 15.9 Å². The average Bonchev–Trinajstić information content (AvgIpc) is 2.67. The average molecular weight is 400 g/mol. The number of halogens is 2. The Bertz CT molecular complexity index is 707. The molecule has 1 aromatic rings. The number of benzene rings is 1. The predicted molar refractivity (Wildman–Crippen MR) is 89.6 cm³/mol. The molecule has 0 bridgehead atoms. The Labute approximate surface area is 148 Å². The quantitative estimate of drug-likeness (QED) is 0.663. The molecule has 1 saturated heterocycles. The number of imide groups is 1. The number of nitrogens with zero attached hydrogens (tertiary/aromatic N) is 1. The molecule has 0 aliphatic carbocycles. The first kappa shape index (κ1) is 17.4. The summed E-state index contributed by atoms with van der Waals surface area (Å²) in [6.45, 7) is 5.86.